The van der Waals surface area contributed by atoms with E-state index < -0.39 is 16.9 Å². The smallest absolute Gasteiger partial charge is 0.320 e. The van der Waals surface area contributed by atoms with Crippen molar-refractivity contribution in [3.05, 3.63) is 39.6 Å². The molecule has 0 saturated heterocycles. The van der Waals surface area contributed by atoms with Crippen LogP contribution in [0.1, 0.15) is 11.1 Å². The molecule has 0 aliphatic carbocycles. The van der Waals surface area contributed by atoms with Crippen LogP contribution >= 0.6 is 0 Å². The average molecular weight is 277 g/mol. The number of carboxylic acids is 1. The van der Waals surface area contributed by atoms with Gasteiger partial charge in [0.1, 0.15) is 11.6 Å². The number of hydrogen-bond acceptors (Lipinski definition) is 4. The molecule has 1 atom stereocenters. The number of rotatable bonds is 4. The zero-order valence-electron chi connectivity index (χ0n) is 11.2. The highest BCUT2D eigenvalue weighted by Crippen LogP contribution is 2.32. The van der Waals surface area contributed by atoms with Gasteiger partial charge in [0.05, 0.1) is 4.92 Å². The van der Waals surface area contributed by atoms with Crippen molar-refractivity contribution in [2.75, 3.05) is 0 Å². The van der Waals surface area contributed by atoms with Gasteiger partial charge in [0.25, 0.3) is 5.69 Å². The van der Waals surface area contributed by atoms with Gasteiger partial charge < -0.3 is 15.4 Å². The first-order valence-corrected chi connectivity index (χ1v) is 6.03. The van der Waals surface area contributed by atoms with Crippen molar-refractivity contribution < 1.29 is 14.8 Å². The molecule has 0 fully saturated rings. The molecule has 3 N–H and O–H groups in total. The summed E-state index contributed by atoms with van der Waals surface area (Å²) < 4.78 is 1.64. The fourth-order valence-corrected chi connectivity index (χ4v) is 2.43. The first kappa shape index (κ1) is 14.0. The molecule has 1 aromatic heterocycles. The molecule has 1 unspecified atom stereocenters. The van der Waals surface area contributed by atoms with E-state index in [2.05, 4.69) is 0 Å². The number of aliphatic carboxylic acids is 1. The molecule has 0 spiro atoms. The summed E-state index contributed by atoms with van der Waals surface area (Å²) in [7, 11) is 1.70. The highest BCUT2D eigenvalue weighted by atomic mass is 16.6. The summed E-state index contributed by atoms with van der Waals surface area (Å²) in [6.45, 7) is 1.84. The summed E-state index contributed by atoms with van der Waals surface area (Å²) in [5.41, 5.74) is 7.61. The van der Waals surface area contributed by atoms with Gasteiger partial charge in [-0.05, 0) is 18.1 Å². The second kappa shape index (κ2) is 4.93. The maximum absolute atomic E-state index is 11.1. The predicted octanol–water partition coefficient (Wildman–Crippen LogP) is 1.35. The van der Waals surface area contributed by atoms with Gasteiger partial charge >= 0.3 is 5.97 Å². The molecule has 7 heteroatoms. The third-order valence-corrected chi connectivity index (χ3v) is 3.34. The second-order valence-corrected chi connectivity index (χ2v) is 4.80. The fraction of sp³-hybridized carbons (Fsp3) is 0.308. The van der Waals surface area contributed by atoms with Gasteiger partial charge in [0, 0.05) is 31.1 Å². The highest BCUT2D eigenvalue weighted by Gasteiger charge is 2.22. The molecule has 0 amide bonds. The molecule has 0 bridgehead atoms. The number of nitro groups is 1. The lowest BCUT2D eigenvalue weighted by Crippen LogP contribution is -2.32. The number of fused-ring (bicyclic) bond motifs is 1. The van der Waals surface area contributed by atoms with Crippen LogP contribution in [0.25, 0.3) is 10.9 Å². The molecule has 106 valence electrons. The molecule has 2 aromatic rings. The van der Waals surface area contributed by atoms with Crippen molar-refractivity contribution in [2.45, 2.75) is 19.4 Å². The first-order chi connectivity index (χ1) is 9.32. The summed E-state index contributed by atoms with van der Waals surface area (Å²) in [5, 5.41) is 20.7. The Morgan fingerprint density at radius 1 is 1.55 bits per heavy atom. The summed E-state index contributed by atoms with van der Waals surface area (Å²) >= 11 is 0. The monoisotopic (exact) mass is 277 g/mol. The van der Waals surface area contributed by atoms with Crippen molar-refractivity contribution >= 4 is 22.6 Å². The van der Waals surface area contributed by atoms with Crippen LogP contribution in [0.15, 0.2) is 18.3 Å². The Hall–Kier alpha value is -2.41. The van der Waals surface area contributed by atoms with Gasteiger partial charge in [-0.1, -0.05) is 6.07 Å². The van der Waals surface area contributed by atoms with Crippen molar-refractivity contribution in [3.8, 4) is 0 Å². The highest BCUT2D eigenvalue weighted by molar-refractivity contribution is 5.94. The molecule has 20 heavy (non-hydrogen) atoms. The van der Waals surface area contributed by atoms with Crippen LogP contribution in [0.4, 0.5) is 5.69 Å². The number of aromatic nitrogens is 1. The van der Waals surface area contributed by atoms with Gasteiger partial charge in [-0.2, -0.15) is 0 Å². The quantitative estimate of drug-likeness (QED) is 0.647. The van der Waals surface area contributed by atoms with Crippen molar-refractivity contribution in [2.24, 2.45) is 12.8 Å². The largest absolute Gasteiger partial charge is 0.480 e. The van der Waals surface area contributed by atoms with E-state index >= 15 is 0 Å². The number of nitro benzene ring substituents is 1. The second-order valence-electron chi connectivity index (χ2n) is 4.80. The Morgan fingerprint density at radius 3 is 2.75 bits per heavy atom. The Labute approximate surface area is 114 Å². The molecule has 0 radical (unpaired) electrons. The van der Waals surface area contributed by atoms with Crippen LogP contribution in [-0.4, -0.2) is 26.6 Å². The predicted molar refractivity (Wildman–Crippen MR) is 73.6 cm³/mol. The van der Waals surface area contributed by atoms with Gasteiger partial charge in [-0.25, -0.2) is 0 Å². The molecule has 1 aromatic carbocycles. The van der Waals surface area contributed by atoms with E-state index in [0.29, 0.717) is 16.5 Å². The van der Waals surface area contributed by atoms with Gasteiger partial charge in [0.15, 0.2) is 0 Å². The zero-order valence-corrected chi connectivity index (χ0v) is 11.2. The molecule has 7 nitrogen and oxygen atoms in total. The summed E-state index contributed by atoms with van der Waals surface area (Å²) in [6, 6.07) is 2.09. The lowest BCUT2D eigenvalue weighted by atomic mass is 10.0. The summed E-state index contributed by atoms with van der Waals surface area (Å²) in [6.07, 6.45) is 1.84. The van der Waals surface area contributed by atoms with Crippen LogP contribution < -0.4 is 5.73 Å². The molecule has 0 aliphatic heterocycles. The van der Waals surface area contributed by atoms with E-state index in [4.69, 9.17) is 10.8 Å². The van der Waals surface area contributed by atoms with Crippen molar-refractivity contribution in [3.63, 3.8) is 0 Å². The van der Waals surface area contributed by atoms with Gasteiger partial charge in [-0.15, -0.1) is 0 Å². The minimum atomic E-state index is -1.09. The molecular formula is C13H15N3O4. The average Bonchev–Trinajstić information content (AvgIpc) is 2.67. The number of carbonyl (C=O) groups is 1. The number of non-ortho nitro benzene ring substituents is 1. The minimum absolute atomic E-state index is 0.00301. The number of nitrogens with zero attached hydrogens (tertiary/aromatic N) is 2. The normalized spacial score (nSPS) is 12.6. The topological polar surface area (TPSA) is 111 Å². The number of aryl methyl sites for hydroxylation is 2. The van der Waals surface area contributed by atoms with E-state index in [0.717, 1.165) is 5.56 Å². The van der Waals surface area contributed by atoms with Crippen molar-refractivity contribution in [1.82, 2.24) is 4.57 Å². The van der Waals surface area contributed by atoms with Crippen molar-refractivity contribution in [1.29, 1.82) is 0 Å². The van der Waals surface area contributed by atoms with E-state index in [1.165, 1.54) is 6.07 Å². The van der Waals surface area contributed by atoms with E-state index in [1.807, 2.05) is 6.92 Å². The molecule has 0 saturated carbocycles. The van der Waals surface area contributed by atoms with E-state index in [9.17, 15) is 14.9 Å². The molecular weight excluding hydrogens is 262 g/mol. The molecule has 1 heterocycles. The Kier molecular flexibility index (Phi) is 3.46. The zero-order chi connectivity index (χ0) is 15.0. The van der Waals surface area contributed by atoms with E-state index in [-0.39, 0.29) is 12.1 Å². The van der Waals surface area contributed by atoms with Crippen LogP contribution in [0.3, 0.4) is 0 Å². The lowest BCUT2D eigenvalue weighted by Gasteiger charge is -2.06. The maximum Gasteiger partial charge on any atom is 0.320 e. The fourth-order valence-electron chi connectivity index (χ4n) is 2.43. The number of hydrogen-bond donors (Lipinski definition) is 2. The first-order valence-electron chi connectivity index (χ1n) is 6.03. The Bertz CT molecular complexity index is 705. The molecule has 0 aliphatic rings. The number of benzene rings is 1. The third-order valence-electron chi connectivity index (χ3n) is 3.34. The van der Waals surface area contributed by atoms with Gasteiger partial charge in [0.2, 0.25) is 0 Å². The van der Waals surface area contributed by atoms with Crippen LogP contribution in [0, 0.1) is 17.0 Å². The maximum atomic E-state index is 11.1. The third kappa shape index (κ3) is 2.23. The summed E-state index contributed by atoms with van der Waals surface area (Å²) in [5.74, 6) is -1.09. The van der Waals surface area contributed by atoms with Gasteiger partial charge in [-0.3, -0.25) is 14.9 Å². The summed E-state index contributed by atoms with van der Waals surface area (Å²) in [4.78, 5) is 21.5. The Balaban J connectivity index is 2.67. The van der Waals surface area contributed by atoms with Crippen LogP contribution in [-0.2, 0) is 18.3 Å². The number of nitrogens with two attached hydrogens (primary N) is 1. The SMILES string of the molecule is Cc1ccc([N+](=O)[O-])c2c1c(CC(N)C(=O)O)cn2C. The number of carboxylic acid groups (broad SMARTS) is 1. The van der Waals surface area contributed by atoms with Crippen LogP contribution in [0.5, 0.6) is 0 Å². The Morgan fingerprint density at radius 2 is 2.20 bits per heavy atom. The minimum Gasteiger partial charge on any atom is -0.480 e. The van der Waals surface area contributed by atoms with Crippen LogP contribution in [0.2, 0.25) is 0 Å². The lowest BCUT2D eigenvalue weighted by molar-refractivity contribution is -0.383. The molecule has 2 rings (SSSR count). The standard InChI is InChI=1S/C13H15N3O4/c1-7-3-4-10(16(19)20)12-11(7)8(6-15(12)2)5-9(14)13(17)18/h3-4,6,9H,5,14H2,1-2H3,(H,17,18). The van der Waals surface area contributed by atoms with E-state index in [1.54, 1.807) is 23.9 Å².